The van der Waals surface area contributed by atoms with Crippen molar-refractivity contribution >= 4 is 11.6 Å². The van der Waals surface area contributed by atoms with Crippen LogP contribution < -0.4 is 5.43 Å². The van der Waals surface area contributed by atoms with Crippen molar-refractivity contribution in [3.8, 4) is 5.69 Å². The van der Waals surface area contributed by atoms with Crippen molar-refractivity contribution in [3.05, 3.63) is 71.5 Å². The summed E-state index contributed by atoms with van der Waals surface area (Å²) in [5, 5.41) is 15.1. The van der Waals surface area contributed by atoms with E-state index in [4.69, 9.17) is 0 Å². The molecule has 0 aliphatic carbocycles. The lowest BCUT2D eigenvalue weighted by Crippen LogP contribution is -2.19. The topological polar surface area (TPSA) is 85.1 Å². The molecule has 0 unspecified atom stereocenters. The normalized spacial score (nSPS) is 11.3. The molecule has 2 aromatic carbocycles. The third-order valence-corrected chi connectivity index (χ3v) is 3.54. The molecular weight excluding hydrogens is 304 g/mol. The number of nitrogens with one attached hydrogen (secondary N) is 1. The summed E-state index contributed by atoms with van der Waals surface area (Å²) in [7, 11) is 0. The Labute approximate surface area is 139 Å². The monoisotopic (exact) mass is 320 g/mol. The first-order chi connectivity index (χ1) is 11.6. The molecule has 7 nitrogen and oxygen atoms in total. The number of aromatic nitrogens is 4. The van der Waals surface area contributed by atoms with E-state index in [0.717, 1.165) is 17.0 Å². The van der Waals surface area contributed by atoms with Gasteiger partial charge in [-0.25, -0.2) is 10.1 Å². The molecule has 3 aromatic rings. The lowest BCUT2D eigenvalue weighted by Gasteiger charge is -2.04. The highest BCUT2D eigenvalue weighted by molar-refractivity contribution is 6.00. The van der Waals surface area contributed by atoms with Crippen LogP contribution in [0.1, 0.15) is 28.4 Å². The number of aryl methyl sites for hydroxylation is 1. The second-order valence-corrected chi connectivity index (χ2v) is 5.31. The molecular formula is C17H16N6O. The molecule has 0 fully saturated rings. The molecule has 1 aromatic heterocycles. The average molecular weight is 320 g/mol. The highest BCUT2D eigenvalue weighted by atomic mass is 16.2. The Morgan fingerprint density at radius 2 is 1.71 bits per heavy atom. The largest absolute Gasteiger partial charge is 0.271 e. The van der Waals surface area contributed by atoms with Crippen LogP contribution in [0.5, 0.6) is 0 Å². The van der Waals surface area contributed by atoms with Crippen LogP contribution in [-0.2, 0) is 0 Å². The maximum Gasteiger partial charge on any atom is 0.271 e. The van der Waals surface area contributed by atoms with Gasteiger partial charge in [0.25, 0.3) is 5.91 Å². The van der Waals surface area contributed by atoms with E-state index in [1.54, 1.807) is 24.3 Å². The van der Waals surface area contributed by atoms with Gasteiger partial charge in [-0.3, -0.25) is 4.79 Å². The van der Waals surface area contributed by atoms with Crippen molar-refractivity contribution in [2.75, 3.05) is 0 Å². The number of carbonyl (C=O) groups is 1. The van der Waals surface area contributed by atoms with Gasteiger partial charge in [0.05, 0.1) is 11.4 Å². The standard InChI is InChI=1S/C17H16N6O/c1-12-3-5-14(6-4-12)13(2)19-20-17(24)15-7-9-16(10-8-15)23-11-18-21-22-23/h3-11H,1-2H3,(H,20,24)/b19-13-. The van der Waals surface area contributed by atoms with Gasteiger partial charge in [-0.05, 0) is 54.1 Å². The molecule has 1 N–H and O–H groups in total. The molecule has 0 saturated carbocycles. The van der Waals surface area contributed by atoms with Gasteiger partial charge in [-0.15, -0.1) is 5.10 Å². The molecule has 0 aliphatic rings. The van der Waals surface area contributed by atoms with Crippen LogP contribution in [0, 0.1) is 6.92 Å². The summed E-state index contributed by atoms with van der Waals surface area (Å²) < 4.78 is 1.52. The van der Waals surface area contributed by atoms with Crippen molar-refractivity contribution in [2.45, 2.75) is 13.8 Å². The molecule has 0 aliphatic heterocycles. The second kappa shape index (κ2) is 6.82. The molecule has 1 amide bonds. The van der Waals surface area contributed by atoms with Crippen LogP contribution in [0.3, 0.4) is 0 Å². The molecule has 24 heavy (non-hydrogen) atoms. The van der Waals surface area contributed by atoms with E-state index in [-0.39, 0.29) is 5.91 Å². The molecule has 0 saturated heterocycles. The van der Waals surface area contributed by atoms with Gasteiger partial charge in [0.15, 0.2) is 0 Å². The van der Waals surface area contributed by atoms with Gasteiger partial charge < -0.3 is 0 Å². The Morgan fingerprint density at radius 1 is 1.04 bits per heavy atom. The predicted octanol–water partition coefficient (Wildman–Crippen LogP) is 2.12. The SMILES string of the molecule is C/C(=N/NC(=O)c1ccc(-n2cnnn2)cc1)c1ccc(C)cc1. The van der Waals surface area contributed by atoms with Gasteiger partial charge in [0.1, 0.15) is 6.33 Å². The third kappa shape index (κ3) is 3.52. The van der Waals surface area contributed by atoms with Gasteiger partial charge >= 0.3 is 0 Å². The molecule has 3 rings (SSSR count). The smallest absolute Gasteiger partial charge is 0.267 e. The summed E-state index contributed by atoms with van der Waals surface area (Å²) in [6, 6.07) is 14.9. The predicted molar refractivity (Wildman–Crippen MR) is 90.0 cm³/mol. The lowest BCUT2D eigenvalue weighted by molar-refractivity contribution is 0.0955. The fraction of sp³-hybridized carbons (Fsp3) is 0.118. The van der Waals surface area contributed by atoms with E-state index < -0.39 is 0 Å². The van der Waals surface area contributed by atoms with E-state index in [1.165, 1.54) is 16.6 Å². The van der Waals surface area contributed by atoms with E-state index in [0.29, 0.717) is 5.56 Å². The Bertz CT molecular complexity index is 851. The number of nitrogens with zero attached hydrogens (tertiary/aromatic N) is 5. The minimum absolute atomic E-state index is 0.273. The lowest BCUT2D eigenvalue weighted by atomic mass is 10.1. The first kappa shape index (κ1) is 15.5. The minimum atomic E-state index is -0.273. The number of hydrazone groups is 1. The third-order valence-electron chi connectivity index (χ3n) is 3.54. The quantitative estimate of drug-likeness (QED) is 0.589. The number of benzene rings is 2. The molecule has 0 atom stereocenters. The van der Waals surface area contributed by atoms with Gasteiger partial charge in [-0.2, -0.15) is 5.10 Å². The van der Waals surface area contributed by atoms with Crippen molar-refractivity contribution in [2.24, 2.45) is 5.10 Å². The fourth-order valence-electron chi connectivity index (χ4n) is 2.10. The highest BCUT2D eigenvalue weighted by Gasteiger charge is 2.06. The van der Waals surface area contributed by atoms with Crippen LogP contribution in [0.2, 0.25) is 0 Å². The summed E-state index contributed by atoms with van der Waals surface area (Å²) in [6.45, 7) is 3.88. The number of amides is 1. The molecule has 0 spiro atoms. The van der Waals surface area contributed by atoms with E-state index in [9.17, 15) is 4.79 Å². The zero-order chi connectivity index (χ0) is 16.9. The minimum Gasteiger partial charge on any atom is -0.267 e. The first-order valence-corrected chi connectivity index (χ1v) is 7.38. The molecule has 1 heterocycles. The Kier molecular flexibility index (Phi) is 4.42. The molecule has 120 valence electrons. The maximum absolute atomic E-state index is 12.2. The molecule has 0 bridgehead atoms. The van der Waals surface area contributed by atoms with Crippen molar-refractivity contribution in [1.29, 1.82) is 0 Å². The van der Waals surface area contributed by atoms with Crippen molar-refractivity contribution in [1.82, 2.24) is 25.6 Å². The number of tetrazole rings is 1. The summed E-state index contributed by atoms with van der Waals surface area (Å²) in [4.78, 5) is 12.2. The van der Waals surface area contributed by atoms with Crippen LogP contribution >= 0.6 is 0 Å². The summed E-state index contributed by atoms with van der Waals surface area (Å²) in [5.41, 5.74) is 6.74. The zero-order valence-electron chi connectivity index (χ0n) is 13.3. The van der Waals surface area contributed by atoms with Crippen LogP contribution in [-0.4, -0.2) is 31.8 Å². The summed E-state index contributed by atoms with van der Waals surface area (Å²) in [5.74, 6) is -0.273. The Hall–Kier alpha value is -3.35. The van der Waals surface area contributed by atoms with Crippen LogP contribution in [0.4, 0.5) is 0 Å². The number of hydrogen-bond acceptors (Lipinski definition) is 5. The number of carbonyl (C=O) groups excluding carboxylic acids is 1. The number of rotatable bonds is 4. The zero-order valence-corrected chi connectivity index (χ0v) is 13.3. The highest BCUT2D eigenvalue weighted by Crippen LogP contribution is 2.08. The van der Waals surface area contributed by atoms with Gasteiger partial charge in [0.2, 0.25) is 0 Å². The fourth-order valence-corrected chi connectivity index (χ4v) is 2.10. The number of hydrogen-bond donors (Lipinski definition) is 1. The first-order valence-electron chi connectivity index (χ1n) is 7.38. The van der Waals surface area contributed by atoms with Crippen molar-refractivity contribution < 1.29 is 4.79 Å². The van der Waals surface area contributed by atoms with Gasteiger partial charge in [0, 0.05) is 5.56 Å². The van der Waals surface area contributed by atoms with Crippen molar-refractivity contribution in [3.63, 3.8) is 0 Å². The summed E-state index contributed by atoms with van der Waals surface area (Å²) in [6.07, 6.45) is 1.49. The van der Waals surface area contributed by atoms with E-state index >= 15 is 0 Å². The average Bonchev–Trinajstić information content (AvgIpc) is 3.15. The maximum atomic E-state index is 12.2. The van der Waals surface area contributed by atoms with Gasteiger partial charge in [-0.1, -0.05) is 29.8 Å². The molecule has 7 heteroatoms. The second-order valence-electron chi connectivity index (χ2n) is 5.31. The molecule has 0 radical (unpaired) electrons. The van der Waals surface area contributed by atoms with Crippen LogP contribution in [0.25, 0.3) is 5.69 Å². The Balaban J connectivity index is 1.68. The Morgan fingerprint density at radius 3 is 2.33 bits per heavy atom. The van der Waals surface area contributed by atoms with E-state index in [2.05, 4.69) is 26.1 Å². The van der Waals surface area contributed by atoms with E-state index in [1.807, 2.05) is 38.1 Å². The van der Waals surface area contributed by atoms with Crippen LogP contribution in [0.15, 0.2) is 60.0 Å². The summed E-state index contributed by atoms with van der Waals surface area (Å²) >= 11 is 0.